The Balaban J connectivity index is 1.94. The lowest BCUT2D eigenvalue weighted by Gasteiger charge is -2.06. The van der Waals surface area contributed by atoms with Crippen molar-refractivity contribution in [3.63, 3.8) is 0 Å². The molecule has 23 heavy (non-hydrogen) atoms. The van der Waals surface area contributed by atoms with Crippen LogP contribution in [0.2, 0.25) is 0 Å². The molecule has 0 aliphatic heterocycles. The summed E-state index contributed by atoms with van der Waals surface area (Å²) >= 11 is 0. The monoisotopic (exact) mass is 310 g/mol. The quantitative estimate of drug-likeness (QED) is 0.735. The largest absolute Gasteiger partial charge is 0.359 e. The standard InChI is InChI=1S/C20H26N2O/c1-22-20(23)14-9-17-7-12-19(13-8-17)18-10-5-16(6-11-18)4-2-3-15-21/h5-8,10-13H,2-4,9,14-15,21H2,1H3,(H,22,23). The fourth-order valence-electron chi connectivity index (χ4n) is 2.58. The summed E-state index contributed by atoms with van der Waals surface area (Å²) in [5.74, 6) is 0.0827. The van der Waals surface area contributed by atoms with Crippen molar-refractivity contribution in [3.05, 3.63) is 59.7 Å². The SMILES string of the molecule is CNC(=O)CCc1ccc(-c2ccc(CCCCN)cc2)cc1. The number of carbonyl (C=O) groups excluding carboxylic acids is 1. The first-order valence-corrected chi connectivity index (χ1v) is 8.32. The van der Waals surface area contributed by atoms with Gasteiger partial charge in [0.1, 0.15) is 0 Å². The molecule has 0 spiro atoms. The van der Waals surface area contributed by atoms with E-state index in [2.05, 4.69) is 53.8 Å². The highest BCUT2D eigenvalue weighted by Crippen LogP contribution is 2.21. The molecule has 0 saturated heterocycles. The van der Waals surface area contributed by atoms with Gasteiger partial charge in [-0.1, -0.05) is 48.5 Å². The molecule has 0 aromatic heterocycles. The number of carbonyl (C=O) groups is 1. The minimum Gasteiger partial charge on any atom is -0.359 e. The third-order valence-corrected chi connectivity index (χ3v) is 4.08. The van der Waals surface area contributed by atoms with Gasteiger partial charge in [0.15, 0.2) is 0 Å². The Morgan fingerprint density at radius 2 is 1.39 bits per heavy atom. The number of unbranched alkanes of at least 4 members (excludes halogenated alkanes) is 1. The number of nitrogens with one attached hydrogen (secondary N) is 1. The lowest BCUT2D eigenvalue weighted by atomic mass is 9.99. The number of rotatable bonds is 8. The van der Waals surface area contributed by atoms with Crippen LogP contribution in [0.4, 0.5) is 0 Å². The fraction of sp³-hybridized carbons (Fsp3) is 0.350. The zero-order chi connectivity index (χ0) is 16.5. The van der Waals surface area contributed by atoms with E-state index in [0.29, 0.717) is 6.42 Å². The molecular formula is C20H26N2O. The second kappa shape index (κ2) is 9.11. The molecule has 3 nitrogen and oxygen atoms in total. The lowest BCUT2D eigenvalue weighted by molar-refractivity contribution is -0.120. The molecule has 0 aliphatic carbocycles. The van der Waals surface area contributed by atoms with Crippen molar-refractivity contribution in [1.29, 1.82) is 0 Å². The molecule has 2 rings (SSSR count). The zero-order valence-corrected chi connectivity index (χ0v) is 13.8. The normalized spacial score (nSPS) is 10.5. The van der Waals surface area contributed by atoms with Gasteiger partial charge in [-0.15, -0.1) is 0 Å². The van der Waals surface area contributed by atoms with E-state index in [-0.39, 0.29) is 5.91 Å². The average Bonchev–Trinajstić information content (AvgIpc) is 2.61. The van der Waals surface area contributed by atoms with Gasteiger partial charge in [-0.05, 0) is 54.5 Å². The molecule has 0 atom stereocenters. The van der Waals surface area contributed by atoms with Crippen LogP contribution in [0.3, 0.4) is 0 Å². The Kier molecular flexibility index (Phi) is 6.82. The second-order valence-corrected chi connectivity index (χ2v) is 5.81. The van der Waals surface area contributed by atoms with Crippen LogP contribution in [-0.4, -0.2) is 19.5 Å². The minimum absolute atomic E-state index is 0.0827. The Hall–Kier alpha value is -2.13. The highest BCUT2D eigenvalue weighted by molar-refractivity contribution is 5.75. The summed E-state index contributed by atoms with van der Waals surface area (Å²) in [5, 5.41) is 2.65. The van der Waals surface area contributed by atoms with E-state index in [1.165, 1.54) is 22.3 Å². The van der Waals surface area contributed by atoms with E-state index in [0.717, 1.165) is 32.2 Å². The van der Waals surface area contributed by atoms with Gasteiger partial charge in [-0.2, -0.15) is 0 Å². The van der Waals surface area contributed by atoms with Crippen LogP contribution in [0.5, 0.6) is 0 Å². The molecule has 3 heteroatoms. The molecule has 0 aliphatic rings. The molecule has 0 bridgehead atoms. The van der Waals surface area contributed by atoms with Gasteiger partial charge in [0.05, 0.1) is 0 Å². The Morgan fingerprint density at radius 1 is 0.870 bits per heavy atom. The van der Waals surface area contributed by atoms with Crippen LogP contribution in [0, 0.1) is 0 Å². The van der Waals surface area contributed by atoms with E-state index in [1.807, 2.05) is 0 Å². The Bertz CT molecular complexity index is 603. The molecule has 0 unspecified atom stereocenters. The van der Waals surface area contributed by atoms with Crippen molar-refractivity contribution < 1.29 is 4.79 Å². The van der Waals surface area contributed by atoms with Gasteiger partial charge in [-0.25, -0.2) is 0 Å². The lowest BCUT2D eigenvalue weighted by Crippen LogP contribution is -2.17. The van der Waals surface area contributed by atoms with Gasteiger partial charge >= 0.3 is 0 Å². The van der Waals surface area contributed by atoms with E-state index < -0.39 is 0 Å². The Labute approximate surface area is 138 Å². The predicted molar refractivity (Wildman–Crippen MR) is 96.3 cm³/mol. The number of hydrogen-bond acceptors (Lipinski definition) is 2. The molecule has 2 aromatic carbocycles. The number of aryl methyl sites for hydroxylation is 2. The van der Waals surface area contributed by atoms with Gasteiger partial charge in [0, 0.05) is 13.5 Å². The van der Waals surface area contributed by atoms with Crippen LogP contribution in [0.1, 0.15) is 30.4 Å². The molecule has 0 heterocycles. The van der Waals surface area contributed by atoms with Crippen LogP contribution < -0.4 is 11.1 Å². The van der Waals surface area contributed by atoms with E-state index in [9.17, 15) is 4.79 Å². The van der Waals surface area contributed by atoms with Crippen molar-refractivity contribution in [2.75, 3.05) is 13.6 Å². The summed E-state index contributed by atoms with van der Waals surface area (Å²) in [4.78, 5) is 11.3. The number of benzene rings is 2. The fourth-order valence-corrected chi connectivity index (χ4v) is 2.58. The van der Waals surface area contributed by atoms with Crippen molar-refractivity contribution in [3.8, 4) is 11.1 Å². The third kappa shape index (κ3) is 5.53. The smallest absolute Gasteiger partial charge is 0.220 e. The highest BCUT2D eigenvalue weighted by Gasteiger charge is 2.02. The van der Waals surface area contributed by atoms with E-state index >= 15 is 0 Å². The predicted octanol–water partition coefficient (Wildman–Crippen LogP) is 3.31. The molecule has 3 N–H and O–H groups in total. The summed E-state index contributed by atoms with van der Waals surface area (Å²) in [7, 11) is 1.67. The van der Waals surface area contributed by atoms with Gasteiger partial charge in [0.2, 0.25) is 5.91 Å². The molecule has 2 aromatic rings. The molecular weight excluding hydrogens is 284 g/mol. The molecule has 0 fully saturated rings. The average molecular weight is 310 g/mol. The van der Waals surface area contributed by atoms with Crippen molar-refractivity contribution >= 4 is 5.91 Å². The number of hydrogen-bond donors (Lipinski definition) is 2. The summed E-state index contributed by atoms with van der Waals surface area (Å²) in [6, 6.07) is 17.2. The summed E-state index contributed by atoms with van der Waals surface area (Å²) in [6.07, 6.45) is 4.64. The summed E-state index contributed by atoms with van der Waals surface area (Å²) in [6.45, 7) is 0.768. The third-order valence-electron chi connectivity index (χ3n) is 4.08. The zero-order valence-electron chi connectivity index (χ0n) is 13.8. The first kappa shape index (κ1) is 17.2. The van der Waals surface area contributed by atoms with E-state index in [4.69, 9.17) is 5.73 Å². The van der Waals surface area contributed by atoms with Crippen LogP contribution in [0.15, 0.2) is 48.5 Å². The molecule has 122 valence electrons. The molecule has 1 amide bonds. The van der Waals surface area contributed by atoms with Gasteiger partial charge in [-0.3, -0.25) is 4.79 Å². The summed E-state index contributed by atoms with van der Waals surface area (Å²) < 4.78 is 0. The maximum atomic E-state index is 11.3. The topological polar surface area (TPSA) is 55.1 Å². The first-order valence-electron chi connectivity index (χ1n) is 8.32. The maximum absolute atomic E-state index is 11.3. The Morgan fingerprint density at radius 3 is 1.87 bits per heavy atom. The van der Waals surface area contributed by atoms with Crippen molar-refractivity contribution in [1.82, 2.24) is 5.32 Å². The highest BCUT2D eigenvalue weighted by atomic mass is 16.1. The van der Waals surface area contributed by atoms with Gasteiger partial charge in [0.25, 0.3) is 0 Å². The van der Waals surface area contributed by atoms with Crippen LogP contribution in [0.25, 0.3) is 11.1 Å². The first-order chi connectivity index (χ1) is 11.2. The summed E-state index contributed by atoms with van der Waals surface area (Å²) in [5.41, 5.74) is 10.5. The van der Waals surface area contributed by atoms with Crippen molar-refractivity contribution in [2.24, 2.45) is 5.73 Å². The van der Waals surface area contributed by atoms with Crippen LogP contribution >= 0.6 is 0 Å². The van der Waals surface area contributed by atoms with Crippen LogP contribution in [-0.2, 0) is 17.6 Å². The number of amides is 1. The molecule has 0 radical (unpaired) electrons. The van der Waals surface area contributed by atoms with Crippen molar-refractivity contribution in [2.45, 2.75) is 32.1 Å². The van der Waals surface area contributed by atoms with Gasteiger partial charge < -0.3 is 11.1 Å². The molecule has 0 saturated carbocycles. The van der Waals surface area contributed by atoms with E-state index in [1.54, 1.807) is 7.05 Å². The number of nitrogens with two attached hydrogens (primary N) is 1. The second-order valence-electron chi connectivity index (χ2n) is 5.81. The maximum Gasteiger partial charge on any atom is 0.220 e. The minimum atomic E-state index is 0.0827.